The first-order valence-corrected chi connectivity index (χ1v) is 13.2. The van der Waals surface area contributed by atoms with Gasteiger partial charge in [-0.2, -0.15) is 0 Å². The smallest absolute Gasteiger partial charge is 0.343 e. The molecule has 0 heterocycles. The number of carbonyl (C=O) groups is 4. The van der Waals surface area contributed by atoms with Crippen LogP contribution in [0.4, 0.5) is 5.69 Å². The van der Waals surface area contributed by atoms with Gasteiger partial charge in [0.15, 0.2) is 0 Å². The second kappa shape index (κ2) is 14.3. The van der Waals surface area contributed by atoms with E-state index >= 15 is 0 Å². The van der Waals surface area contributed by atoms with Crippen LogP contribution in [0.5, 0.6) is 17.2 Å². The molecule has 0 fully saturated rings. The molecule has 220 valence electrons. The predicted octanol–water partition coefficient (Wildman–Crippen LogP) is 4.83. The molecule has 4 aromatic carbocycles. The van der Waals surface area contributed by atoms with E-state index in [9.17, 15) is 24.3 Å². The van der Waals surface area contributed by atoms with E-state index in [-0.39, 0.29) is 24.4 Å². The minimum absolute atomic E-state index is 0.0121. The molecule has 0 saturated heterocycles. The molecule has 43 heavy (non-hydrogen) atoms. The molecule has 0 unspecified atom stereocenters. The van der Waals surface area contributed by atoms with Gasteiger partial charge in [-0.3, -0.25) is 14.4 Å². The van der Waals surface area contributed by atoms with Crippen molar-refractivity contribution in [1.29, 1.82) is 0 Å². The Balaban J connectivity index is 1.36. The molecule has 0 aliphatic carbocycles. The van der Waals surface area contributed by atoms with Gasteiger partial charge in [-0.05, 0) is 83.9 Å². The predicted molar refractivity (Wildman–Crippen MR) is 159 cm³/mol. The summed E-state index contributed by atoms with van der Waals surface area (Å²) in [5.74, 6) is -0.817. The van der Waals surface area contributed by atoms with E-state index in [4.69, 9.17) is 14.2 Å². The molecule has 2 amide bonds. The number of benzene rings is 4. The van der Waals surface area contributed by atoms with Gasteiger partial charge >= 0.3 is 11.9 Å². The zero-order valence-corrected chi connectivity index (χ0v) is 23.6. The highest BCUT2D eigenvalue weighted by Crippen LogP contribution is 2.19. The van der Waals surface area contributed by atoms with Crippen LogP contribution in [0.25, 0.3) is 0 Å². The Labute approximate surface area is 248 Å². The Morgan fingerprint density at radius 1 is 0.674 bits per heavy atom. The van der Waals surface area contributed by atoms with Crippen molar-refractivity contribution in [3.63, 3.8) is 0 Å². The minimum Gasteiger partial charge on any atom is -0.497 e. The molecule has 0 bridgehead atoms. The third-order valence-electron chi connectivity index (χ3n) is 6.39. The monoisotopic (exact) mass is 582 g/mol. The molecule has 0 aliphatic heterocycles. The molecule has 0 saturated carbocycles. The number of amides is 2. The van der Waals surface area contributed by atoms with E-state index in [1.807, 2.05) is 0 Å². The van der Waals surface area contributed by atoms with Crippen molar-refractivity contribution in [3.8, 4) is 17.2 Å². The Morgan fingerprint density at radius 3 is 1.74 bits per heavy atom. The summed E-state index contributed by atoms with van der Waals surface area (Å²) in [7, 11) is 3.10. The van der Waals surface area contributed by atoms with Crippen molar-refractivity contribution in [2.75, 3.05) is 26.1 Å². The van der Waals surface area contributed by atoms with Crippen molar-refractivity contribution in [3.05, 3.63) is 119 Å². The normalized spacial score (nSPS) is 10.4. The Bertz CT molecular complexity index is 1570. The van der Waals surface area contributed by atoms with Crippen LogP contribution in [0.2, 0.25) is 0 Å². The number of carboxylic acids is 1. The fourth-order valence-electron chi connectivity index (χ4n) is 4.15. The van der Waals surface area contributed by atoms with E-state index in [2.05, 4.69) is 5.32 Å². The highest BCUT2D eigenvalue weighted by molar-refractivity contribution is 5.97. The summed E-state index contributed by atoms with van der Waals surface area (Å²) >= 11 is 0. The van der Waals surface area contributed by atoms with Gasteiger partial charge < -0.3 is 29.5 Å². The van der Waals surface area contributed by atoms with E-state index < -0.39 is 24.4 Å². The third kappa shape index (κ3) is 8.67. The van der Waals surface area contributed by atoms with Crippen LogP contribution in [0.3, 0.4) is 0 Å². The number of aliphatic carboxylic acids is 1. The molecule has 2 N–H and O–H groups in total. The fourth-order valence-corrected chi connectivity index (χ4v) is 4.15. The summed E-state index contributed by atoms with van der Waals surface area (Å²) in [5, 5.41) is 12.2. The number of rotatable bonds is 12. The number of hydrogen-bond donors (Lipinski definition) is 2. The third-order valence-corrected chi connectivity index (χ3v) is 6.39. The number of methoxy groups -OCH3 is 2. The van der Waals surface area contributed by atoms with Crippen LogP contribution < -0.4 is 19.5 Å². The first-order chi connectivity index (χ1) is 20.7. The number of hydrogen-bond acceptors (Lipinski definition) is 7. The van der Waals surface area contributed by atoms with Gasteiger partial charge in [0.25, 0.3) is 5.91 Å². The highest BCUT2D eigenvalue weighted by Gasteiger charge is 2.20. The Morgan fingerprint density at radius 2 is 1.19 bits per heavy atom. The van der Waals surface area contributed by atoms with Gasteiger partial charge in [0, 0.05) is 17.8 Å². The Hall–Kier alpha value is -5.64. The fraction of sp³-hybridized carbons (Fsp3) is 0.152. The molecule has 10 heteroatoms. The largest absolute Gasteiger partial charge is 0.497 e. The molecule has 4 rings (SSSR count). The summed E-state index contributed by atoms with van der Waals surface area (Å²) < 4.78 is 15.6. The number of ether oxygens (including phenoxy) is 3. The van der Waals surface area contributed by atoms with Gasteiger partial charge in [-0.25, -0.2) is 4.79 Å². The zero-order valence-electron chi connectivity index (χ0n) is 23.6. The minimum atomic E-state index is -1.17. The average molecular weight is 583 g/mol. The second-order valence-electron chi connectivity index (χ2n) is 9.47. The molecule has 0 aromatic heterocycles. The number of esters is 1. The van der Waals surface area contributed by atoms with E-state index in [0.717, 1.165) is 5.56 Å². The van der Waals surface area contributed by atoms with Gasteiger partial charge in [0.05, 0.1) is 26.2 Å². The van der Waals surface area contributed by atoms with Crippen molar-refractivity contribution in [2.24, 2.45) is 0 Å². The van der Waals surface area contributed by atoms with Gasteiger partial charge in [0.2, 0.25) is 5.91 Å². The molecule has 0 atom stereocenters. The maximum atomic E-state index is 13.2. The van der Waals surface area contributed by atoms with Crippen molar-refractivity contribution in [2.45, 2.75) is 13.0 Å². The maximum Gasteiger partial charge on any atom is 0.343 e. The molecule has 0 radical (unpaired) electrons. The van der Waals surface area contributed by atoms with Crippen molar-refractivity contribution >= 4 is 29.4 Å². The van der Waals surface area contributed by atoms with Crippen LogP contribution >= 0.6 is 0 Å². The number of carboxylic acid groups (broad SMARTS) is 1. The molecular formula is C33H30N2O8. The van der Waals surface area contributed by atoms with Crippen LogP contribution in [-0.2, 0) is 22.6 Å². The molecule has 0 spiro atoms. The lowest BCUT2D eigenvalue weighted by Crippen LogP contribution is -2.35. The standard InChI is InChI=1S/C33H30N2O8/c1-41-27-13-3-22(4-14-27)19-30(36)34-26-11-7-24(8-12-26)32(39)35(21-31(37)38)20-23-5-15-29(16-6-23)43-33(40)25-9-17-28(42-2)18-10-25/h3-18H,19-21H2,1-2H3,(H,34,36)(H,37,38). The molecular weight excluding hydrogens is 552 g/mol. The summed E-state index contributed by atoms with van der Waals surface area (Å²) in [6, 6.07) is 26.3. The Kier molecular flexibility index (Phi) is 10.1. The lowest BCUT2D eigenvalue weighted by atomic mass is 10.1. The van der Waals surface area contributed by atoms with Crippen molar-refractivity contribution in [1.82, 2.24) is 4.90 Å². The van der Waals surface area contributed by atoms with E-state index in [0.29, 0.717) is 34.1 Å². The number of anilines is 1. The van der Waals surface area contributed by atoms with Gasteiger partial charge in [0.1, 0.15) is 23.8 Å². The number of nitrogens with zero attached hydrogens (tertiary/aromatic N) is 1. The van der Waals surface area contributed by atoms with E-state index in [1.165, 1.54) is 24.1 Å². The SMILES string of the molecule is COc1ccc(CC(=O)Nc2ccc(C(=O)N(CC(=O)O)Cc3ccc(OC(=O)c4ccc(OC)cc4)cc3)cc2)cc1. The first kappa shape index (κ1) is 30.3. The number of nitrogens with one attached hydrogen (secondary N) is 1. The van der Waals surface area contributed by atoms with Gasteiger partial charge in [-0.1, -0.05) is 24.3 Å². The van der Waals surface area contributed by atoms with Crippen molar-refractivity contribution < 1.29 is 38.5 Å². The maximum absolute atomic E-state index is 13.2. The summed E-state index contributed by atoms with van der Waals surface area (Å²) in [6.45, 7) is -0.508. The molecule has 0 aliphatic rings. The van der Waals surface area contributed by atoms with Gasteiger partial charge in [-0.15, -0.1) is 0 Å². The lowest BCUT2D eigenvalue weighted by molar-refractivity contribution is -0.137. The van der Waals surface area contributed by atoms with Crippen LogP contribution in [0, 0.1) is 0 Å². The van der Waals surface area contributed by atoms with E-state index in [1.54, 1.807) is 92.0 Å². The second-order valence-corrected chi connectivity index (χ2v) is 9.47. The van der Waals surface area contributed by atoms with Crippen LogP contribution in [0.1, 0.15) is 31.8 Å². The zero-order chi connectivity index (χ0) is 30.8. The van der Waals surface area contributed by atoms with Crippen LogP contribution in [0.15, 0.2) is 97.1 Å². The molecule has 4 aromatic rings. The summed E-state index contributed by atoms with van der Waals surface area (Å²) in [6.07, 6.45) is 0.163. The van der Waals surface area contributed by atoms with Crippen LogP contribution in [-0.4, -0.2) is 54.5 Å². The summed E-state index contributed by atoms with van der Waals surface area (Å²) in [5.41, 5.74) is 2.57. The summed E-state index contributed by atoms with van der Waals surface area (Å²) in [4.78, 5) is 50.8. The average Bonchev–Trinajstić information content (AvgIpc) is 3.02. The first-order valence-electron chi connectivity index (χ1n) is 13.2. The lowest BCUT2D eigenvalue weighted by Gasteiger charge is -2.21. The highest BCUT2D eigenvalue weighted by atomic mass is 16.5. The molecule has 10 nitrogen and oxygen atoms in total. The number of carbonyl (C=O) groups excluding carboxylic acids is 3. The quantitative estimate of drug-likeness (QED) is 0.179. The topological polar surface area (TPSA) is 131 Å².